The molecule has 1 aromatic rings. The predicted octanol–water partition coefficient (Wildman–Crippen LogP) is 3.54. The molecule has 0 bridgehead atoms. The predicted molar refractivity (Wildman–Crippen MR) is 97.1 cm³/mol. The number of alkyl halides is 3. The SMILES string of the molecule is CCC1CCc2cc(OC)ccc2C1NC(=O)C1C=CC(C(F)(F)F)=NC1=O. The largest absolute Gasteiger partial charge is 0.497 e. The zero-order valence-electron chi connectivity index (χ0n) is 15.5. The third-order valence-electron chi connectivity index (χ3n) is 5.28. The first kappa shape index (κ1) is 20.1. The molecule has 0 saturated heterocycles. The van der Waals surface area contributed by atoms with Gasteiger partial charge in [-0.2, -0.15) is 13.2 Å². The van der Waals surface area contributed by atoms with Crippen LogP contribution in [0.5, 0.6) is 5.75 Å². The van der Waals surface area contributed by atoms with Gasteiger partial charge in [0.1, 0.15) is 17.4 Å². The van der Waals surface area contributed by atoms with Gasteiger partial charge in [-0.25, -0.2) is 4.99 Å². The molecule has 1 heterocycles. The molecule has 0 spiro atoms. The van der Waals surface area contributed by atoms with Crippen LogP contribution in [0.4, 0.5) is 13.2 Å². The molecule has 1 aromatic carbocycles. The molecule has 1 aliphatic heterocycles. The van der Waals surface area contributed by atoms with E-state index < -0.39 is 29.6 Å². The lowest BCUT2D eigenvalue weighted by Crippen LogP contribution is -2.42. The van der Waals surface area contributed by atoms with Gasteiger partial charge in [0.2, 0.25) is 5.91 Å². The van der Waals surface area contributed by atoms with Crippen molar-refractivity contribution in [2.24, 2.45) is 16.8 Å². The molecule has 0 radical (unpaired) electrons. The van der Waals surface area contributed by atoms with Crippen LogP contribution >= 0.6 is 0 Å². The van der Waals surface area contributed by atoms with E-state index in [1.807, 2.05) is 25.1 Å². The Morgan fingerprint density at radius 1 is 1.36 bits per heavy atom. The highest BCUT2D eigenvalue weighted by Crippen LogP contribution is 2.38. The summed E-state index contributed by atoms with van der Waals surface area (Å²) in [5, 5.41) is 2.86. The van der Waals surface area contributed by atoms with Gasteiger partial charge in [0.05, 0.1) is 13.2 Å². The van der Waals surface area contributed by atoms with Crippen LogP contribution in [0.3, 0.4) is 0 Å². The second-order valence-corrected chi connectivity index (χ2v) is 6.93. The molecule has 3 atom stereocenters. The molecule has 28 heavy (non-hydrogen) atoms. The highest BCUT2D eigenvalue weighted by molar-refractivity contribution is 6.14. The van der Waals surface area contributed by atoms with Gasteiger partial charge in [-0.3, -0.25) is 9.59 Å². The zero-order valence-corrected chi connectivity index (χ0v) is 15.5. The number of allylic oxidation sites excluding steroid dienone is 1. The summed E-state index contributed by atoms with van der Waals surface area (Å²) < 4.78 is 43.3. The van der Waals surface area contributed by atoms with Crippen molar-refractivity contribution < 1.29 is 27.5 Å². The number of methoxy groups -OCH3 is 1. The van der Waals surface area contributed by atoms with Crippen molar-refractivity contribution in [2.45, 2.75) is 38.4 Å². The number of ether oxygens (including phenoxy) is 1. The van der Waals surface area contributed by atoms with Crippen LogP contribution in [-0.2, 0) is 16.0 Å². The number of fused-ring (bicyclic) bond motifs is 1. The van der Waals surface area contributed by atoms with Gasteiger partial charge >= 0.3 is 6.18 Å². The van der Waals surface area contributed by atoms with E-state index in [0.29, 0.717) is 6.08 Å². The third-order valence-corrected chi connectivity index (χ3v) is 5.28. The molecule has 8 heteroatoms. The summed E-state index contributed by atoms with van der Waals surface area (Å²) in [5.41, 5.74) is 0.708. The topological polar surface area (TPSA) is 67.8 Å². The normalized spacial score (nSPS) is 24.4. The maximum Gasteiger partial charge on any atom is 0.433 e. The Bertz CT molecular complexity index is 846. The summed E-state index contributed by atoms with van der Waals surface area (Å²) in [4.78, 5) is 27.7. The minimum atomic E-state index is -4.72. The number of hydrogen-bond donors (Lipinski definition) is 1. The minimum absolute atomic E-state index is 0.168. The maximum atomic E-state index is 12.7. The lowest BCUT2D eigenvalue weighted by Gasteiger charge is -2.34. The van der Waals surface area contributed by atoms with Crippen LogP contribution in [-0.4, -0.2) is 30.8 Å². The summed E-state index contributed by atoms with van der Waals surface area (Å²) in [7, 11) is 1.58. The number of aliphatic imine (C=N–C) groups is 1. The van der Waals surface area contributed by atoms with Gasteiger partial charge in [-0.05, 0) is 48.1 Å². The van der Waals surface area contributed by atoms with E-state index in [9.17, 15) is 22.8 Å². The van der Waals surface area contributed by atoms with Gasteiger partial charge in [0.25, 0.3) is 5.91 Å². The van der Waals surface area contributed by atoms with Gasteiger partial charge < -0.3 is 10.1 Å². The average Bonchev–Trinajstić information content (AvgIpc) is 2.66. The van der Waals surface area contributed by atoms with E-state index in [0.717, 1.165) is 42.2 Å². The molecule has 0 fully saturated rings. The first-order valence-electron chi connectivity index (χ1n) is 9.09. The highest BCUT2D eigenvalue weighted by atomic mass is 19.4. The number of amides is 2. The second kappa shape index (κ2) is 7.77. The maximum absolute atomic E-state index is 12.7. The molecule has 0 aromatic heterocycles. The van der Waals surface area contributed by atoms with Gasteiger partial charge in [-0.1, -0.05) is 25.5 Å². The van der Waals surface area contributed by atoms with E-state index in [2.05, 4.69) is 10.3 Å². The monoisotopic (exact) mass is 394 g/mol. The summed E-state index contributed by atoms with van der Waals surface area (Å²) in [6.07, 6.45) is -0.552. The number of nitrogens with zero attached hydrogens (tertiary/aromatic N) is 1. The number of benzene rings is 1. The first-order valence-corrected chi connectivity index (χ1v) is 9.09. The van der Waals surface area contributed by atoms with Crippen LogP contribution < -0.4 is 10.1 Å². The quantitative estimate of drug-likeness (QED) is 0.795. The van der Waals surface area contributed by atoms with E-state index in [1.54, 1.807) is 7.11 Å². The van der Waals surface area contributed by atoms with E-state index in [4.69, 9.17) is 4.74 Å². The third kappa shape index (κ3) is 3.95. The van der Waals surface area contributed by atoms with Crippen LogP contribution in [0.25, 0.3) is 0 Å². The molecule has 5 nitrogen and oxygen atoms in total. The van der Waals surface area contributed by atoms with Crippen molar-refractivity contribution >= 4 is 17.5 Å². The number of aryl methyl sites for hydroxylation is 1. The number of nitrogens with one attached hydrogen (secondary N) is 1. The fraction of sp³-hybridized carbons (Fsp3) is 0.450. The van der Waals surface area contributed by atoms with Crippen molar-refractivity contribution in [3.63, 3.8) is 0 Å². The Balaban J connectivity index is 1.81. The van der Waals surface area contributed by atoms with Gasteiger partial charge in [-0.15, -0.1) is 0 Å². The summed E-state index contributed by atoms with van der Waals surface area (Å²) in [6.45, 7) is 2.02. The van der Waals surface area contributed by atoms with E-state index in [1.165, 1.54) is 0 Å². The second-order valence-electron chi connectivity index (χ2n) is 6.93. The molecule has 150 valence electrons. The molecular formula is C20H21F3N2O3. The minimum Gasteiger partial charge on any atom is -0.497 e. The number of dihydropyridines is 1. The molecule has 3 rings (SSSR count). The molecule has 1 N–H and O–H groups in total. The Labute approximate surface area is 160 Å². The molecular weight excluding hydrogens is 373 g/mol. The average molecular weight is 394 g/mol. The number of carbonyl (C=O) groups excluding carboxylic acids is 2. The fourth-order valence-electron chi connectivity index (χ4n) is 3.72. The first-order chi connectivity index (χ1) is 13.2. The van der Waals surface area contributed by atoms with Crippen LogP contribution in [0.1, 0.15) is 36.9 Å². The van der Waals surface area contributed by atoms with Gasteiger partial charge in [0, 0.05) is 0 Å². The van der Waals surface area contributed by atoms with Crippen molar-refractivity contribution in [1.29, 1.82) is 0 Å². The summed E-state index contributed by atoms with van der Waals surface area (Å²) in [5.74, 6) is -2.21. The van der Waals surface area contributed by atoms with E-state index in [-0.39, 0.29) is 12.0 Å². The zero-order chi connectivity index (χ0) is 20.5. The summed E-state index contributed by atoms with van der Waals surface area (Å²) in [6, 6.07) is 5.30. The number of halogens is 3. The highest BCUT2D eigenvalue weighted by Gasteiger charge is 2.39. The molecule has 1 aliphatic carbocycles. The van der Waals surface area contributed by atoms with Crippen LogP contribution in [0.15, 0.2) is 35.3 Å². The number of rotatable bonds is 4. The lowest BCUT2D eigenvalue weighted by atomic mass is 9.78. The smallest absolute Gasteiger partial charge is 0.433 e. The Morgan fingerprint density at radius 3 is 2.71 bits per heavy atom. The lowest BCUT2D eigenvalue weighted by molar-refractivity contribution is -0.132. The van der Waals surface area contributed by atoms with Gasteiger partial charge in [0.15, 0.2) is 0 Å². The van der Waals surface area contributed by atoms with Crippen molar-refractivity contribution in [3.05, 3.63) is 41.5 Å². The van der Waals surface area contributed by atoms with Crippen molar-refractivity contribution in [2.75, 3.05) is 7.11 Å². The molecule has 0 saturated carbocycles. The number of carbonyl (C=O) groups is 2. The Kier molecular flexibility index (Phi) is 5.58. The van der Waals surface area contributed by atoms with Crippen molar-refractivity contribution in [3.8, 4) is 5.75 Å². The molecule has 3 unspecified atom stereocenters. The standard InChI is InChI=1S/C20H21F3N2O3/c1-3-11-4-5-12-10-13(28-2)6-7-14(12)17(11)25-19(27)15-8-9-16(20(21,22)23)24-18(15)26/h6-11,15,17H,3-5H2,1-2H3,(H,25,27). The Morgan fingerprint density at radius 2 is 2.11 bits per heavy atom. The van der Waals surface area contributed by atoms with E-state index >= 15 is 0 Å². The van der Waals surface area contributed by atoms with Crippen molar-refractivity contribution in [1.82, 2.24) is 5.32 Å². The van der Waals surface area contributed by atoms with Crippen LogP contribution in [0.2, 0.25) is 0 Å². The fourth-order valence-corrected chi connectivity index (χ4v) is 3.72. The Hall–Kier alpha value is -2.64. The van der Waals surface area contributed by atoms with Crippen LogP contribution in [0, 0.1) is 11.8 Å². The molecule has 2 amide bonds. The summed E-state index contributed by atoms with van der Waals surface area (Å²) >= 11 is 0. The molecule has 2 aliphatic rings. The number of hydrogen-bond acceptors (Lipinski definition) is 3.